The fourth-order valence-corrected chi connectivity index (χ4v) is 2.49. The van der Waals surface area contributed by atoms with Gasteiger partial charge in [0.1, 0.15) is 5.82 Å². The van der Waals surface area contributed by atoms with Crippen LogP contribution >= 0.6 is 24.8 Å². The summed E-state index contributed by atoms with van der Waals surface area (Å²) in [6.07, 6.45) is 0.407. The van der Waals surface area contributed by atoms with Crippen LogP contribution in [-0.4, -0.2) is 31.1 Å². The summed E-state index contributed by atoms with van der Waals surface area (Å²) in [5.74, 6) is -0.228. The minimum atomic E-state index is -0.228. The predicted octanol–water partition coefficient (Wildman–Crippen LogP) is 2.84. The molecule has 0 bridgehead atoms. The molecule has 1 aliphatic heterocycles. The zero-order valence-corrected chi connectivity index (χ0v) is 13.1. The van der Waals surface area contributed by atoms with Crippen molar-refractivity contribution in [1.82, 2.24) is 10.2 Å². The van der Waals surface area contributed by atoms with Crippen molar-refractivity contribution in [3.05, 3.63) is 35.1 Å². The summed E-state index contributed by atoms with van der Waals surface area (Å²) in [6, 6.07) is 7.06. The van der Waals surface area contributed by atoms with Crippen LogP contribution in [0.5, 0.6) is 0 Å². The Morgan fingerprint density at radius 1 is 1.35 bits per heavy atom. The van der Waals surface area contributed by atoms with Crippen molar-refractivity contribution < 1.29 is 4.39 Å². The Kier molecular flexibility index (Phi) is 8.75. The molecule has 1 heterocycles. The van der Waals surface area contributed by atoms with E-state index < -0.39 is 0 Å². The Hall–Kier alpha value is -0.860. The predicted molar refractivity (Wildman–Crippen MR) is 83.0 cm³/mol. The maximum Gasteiger partial charge on any atom is 0.123 e. The van der Waals surface area contributed by atoms with Crippen LogP contribution in [0.3, 0.4) is 0 Å². The molecule has 6 heteroatoms. The summed E-state index contributed by atoms with van der Waals surface area (Å²) >= 11 is 0. The van der Waals surface area contributed by atoms with Crippen molar-refractivity contribution in [3.63, 3.8) is 0 Å². The van der Waals surface area contributed by atoms with E-state index in [0.717, 1.165) is 37.3 Å². The van der Waals surface area contributed by atoms with E-state index in [1.807, 2.05) is 6.92 Å². The van der Waals surface area contributed by atoms with E-state index >= 15 is 0 Å². The molecule has 1 atom stereocenters. The smallest absolute Gasteiger partial charge is 0.123 e. The molecule has 1 aliphatic rings. The number of piperazine rings is 1. The molecule has 0 unspecified atom stereocenters. The summed E-state index contributed by atoms with van der Waals surface area (Å²) in [6.45, 7) is 5.64. The number of benzene rings is 1. The van der Waals surface area contributed by atoms with Gasteiger partial charge in [-0.3, -0.25) is 4.90 Å². The Labute approximate surface area is 132 Å². The van der Waals surface area contributed by atoms with Gasteiger partial charge in [-0.05, 0) is 30.2 Å². The summed E-state index contributed by atoms with van der Waals surface area (Å²) < 4.78 is 13.4. The van der Waals surface area contributed by atoms with Gasteiger partial charge in [0.15, 0.2) is 0 Å². The molecule has 1 saturated heterocycles. The topological polar surface area (TPSA) is 39.1 Å². The van der Waals surface area contributed by atoms with Crippen molar-refractivity contribution in [2.45, 2.75) is 19.4 Å². The van der Waals surface area contributed by atoms with Gasteiger partial charge >= 0.3 is 0 Å². The lowest BCUT2D eigenvalue weighted by atomic mass is 9.97. The lowest BCUT2D eigenvalue weighted by Gasteiger charge is -2.34. The van der Waals surface area contributed by atoms with Crippen LogP contribution in [0.1, 0.15) is 23.6 Å². The molecule has 0 spiro atoms. The molecule has 20 heavy (non-hydrogen) atoms. The van der Waals surface area contributed by atoms with E-state index in [0.29, 0.717) is 6.42 Å². The van der Waals surface area contributed by atoms with Crippen molar-refractivity contribution in [2.24, 2.45) is 0 Å². The normalized spacial score (nSPS) is 16.4. The van der Waals surface area contributed by atoms with Crippen LogP contribution in [0.2, 0.25) is 0 Å². The Morgan fingerprint density at radius 2 is 2.00 bits per heavy atom. The van der Waals surface area contributed by atoms with Gasteiger partial charge < -0.3 is 5.32 Å². The van der Waals surface area contributed by atoms with Crippen LogP contribution in [-0.2, 0) is 0 Å². The molecule has 0 aromatic heterocycles. The second kappa shape index (κ2) is 9.15. The summed E-state index contributed by atoms with van der Waals surface area (Å²) in [4.78, 5) is 2.27. The number of nitriles is 1. The highest BCUT2D eigenvalue weighted by molar-refractivity contribution is 5.85. The summed E-state index contributed by atoms with van der Waals surface area (Å²) in [5, 5.41) is 12.3. The van der Waals surface area contributed by atoms with Gasteiger partial charge in [-0.15, -0.1) is 24.8 Å². The highest BCUT2D eigenvalue weighted by Crippen LogP contribution is 2.27. The number of hydrogen-bond donors (Lipinski definition) is 1. The van der Waals surface area contributed by atoms with Gasteiger partial charge in [-0.1, -0.05) is 6.07 Å². The van der Waals surface area contributed by atoms with E-state index in [1.54, 1.807) is 12.1 Å². The lowest BCUT2D eigenvalue weighted by molar-refractivity contribution is 0.175. The molecule has 0 aliphatic carbocycles. The first-order valence-corrected chi connectivity index (χ1v) is 6.30. The standard InChI is InChI=1S/C14H18FN3.2ClH/c1-11-2-3-12(15)10-13(11)14(4-5-16)18-8-6-17-7-9-18;;/h2-3,10,14,17H,4,6-9H2,1H3;2*1H/t14-;;/m1../s1. The van der Waals surface area contributed by atoms with Crippen LogP contribution in [0.4, 0.5) is 4.39 Å². The largest absolute Gasteiger partial charge is 0.314 e. The maximum atomic E-state index is 13.4. The second-order valence-corrected chi connectivity index (χ2v) is 4.66. The van der Waals surface area contributed by atoms with Gasteiger partial charge in [-0.2, -0.15) is 5.26 Å². The maximum absolute atomic E-state index is 13.4. The molecule has 0 amide bonds. The number of hydrogen-bond acceptors (Lipinski definition) is 3. The van der Waals surface area contributed by atoms with Gasteiger partial charge in [-0.25, -0.2) is 4.39 Å². The molecule has 0 radical (unpaired) electrons. The van der Waals surface area contributed by atoms with Gasteiger partial charge in [0.2, 0.25) is 0 Å². The third-order valence-corrected chi connectivity index (χ3v) is 3.48. The minimum absolute atomic E-state index is 0. The van der Waals surface area contributed by atoms with Crippen molar-refractivity contribution in [3.8, 4) is 6.07 Å². The van der Waals surface area contributed by atoms with E-state index in [-0.39, 0.29) is 36.7 Å². The number of halogens is 3. The fraction of sp³-hybridized carbons (Fsp3) is 0.500. The number of rotatable bonds is 3. The van der Waals surface area contributed by atoms with Gasteiger partial charge in [0.25, 0.3) is 0 Å². The van der Waals surface area contributed by atoms with Crippen LogP contribution in [0, 0.1) is 24.1 Å². The van der Waals surface area contributed by atoms with E-state index in [2.05, 4.69) is 16.3 Å². The average Bonchev–Trinajstić information content (AvgIpc) is 2.40. The zero-order chi connectivity index (χ0) is 13.0. The molecular formula is C14H20Cl2FN3. The molecule has 1 aromatic carbocycles. The van der Waals surface area contributed by atoms with Crippen LogP contribution < -0.4 is 5.32 Å². The first-order chi connectivity index (χ1) is 8.72. The molecule has 1 fully saturated rings. The first-order valence-electron chi connectivity index (χ1n) is 6.30. The molecule has 1 N–H and O–H groups in total. The van der Waals surface area contributed by atoms with Crippen LogP contribution in [0.15, 0.2) is 18.2 Å². The highest BCUT2D eigenvalue weighted by atomic mass is 35.5. The summed E-state index contributed by atoms with van der Waals surface area (Å²) in [5.41, 5.74) is 1.99. The Balaban J connectivity index is 0.00000180. The monoisotopic (exact) mass is 319 g/mol. The van der Waals surface area contributed by atoms with Crippen molar-refractivity contribution in [2.75, 3.05) is 26.2 Å². The van der Waals surface area contributed by atoms with Crippen LogP contribution in [0.25, 0.3) is 0 Å². The second-order valence-electron chi connectivity index (χ2n) is 4.66. The van der Waals surface area contributed by atoms with E-state index in [4.69, 9.17) is 5.26 Å². The number of nitrogens with one attached hydrogen (secondary N) is 1. The van der Waals surface area contributed by atoms with Gasteiger partial charge in [0.05, 0.1) is 12.5 Å². The molecule has 3 nitrogen and oxygen atoms in total. The number of nitrogens with zero attached hydrogens (tertiary/aromatic N) is 2. The van der Waals surface area contributed by atoms with Gasteiger partial charge in [0, 0.05) is 32.2 Å². The van der Waals surface area contributed by atoms with Crippen molar-refractivity contribution in [1.29, 1.82) is 5.26 Å². The van der Waals surface area contributed by atoms with Crippen molar-refractivity contribution >= 4 is 24.8 Å². The fourth-order valence-electron chi connectivity index (χ4n) is 2.49. The average molecular weight is 320 g/mol. The number of aryl methyl sites for hydroxylation is 1. The van der Waals surface area contributed by atoms with E-state index in [9.17, 15) is 4.39 Å². The first kappa shape index (κ1) is 19.1. The Bertz CT molecular complexity index is 456. The molecule has 112 valence electrons. The quantitative estimate of drug-likeness (QED) is 0.931. The molecule has 2 rings (SSSR count). The Morgan fingerprint density at radius 3 is 2.60 bits per heavy atom. The minimum Gasteiger partial charge on any atom is -0.314 e. The highest BCUT2D eigenvalue weighted by Gasteiger charge is 2.23. The molecular weight excluding hydrogens is 300 g/mol. The third-order valence-electron chi connectivity index (χ3n) is 3.48. The lowest BCUT2D eigenvalue weighted by Crippen LogP contribution is -2.45. The molecule has 1 aromatic rings. The summed E-state index contributed by atoms with van der Waals surface area (Å²) in [7, 11) is 0. The SMILES string of the molecule is Cc1ccc(F)cc1[C@@H](CC#N)N1CCNCC1.Cl.Cl. The molecule has 0 saturated carbocycles. The third kappa shape index (κ3) is 4.60. The zero-order valence-electron chi connectivity index (χ0n) is 11.4. The van der Waals surface area contributed by atoms with E-state index in [1.165, 1.54) is 6.07 Å².